The van der Waals surface area contributed by atoms with Crippen molar-refractivity contribution in [2.75, 3.05) is 0 Å². The first-order valence-corrected chi connectivity index (χ1v) is 4.33. The first-order chi connectivity index (χ1) is 6.29. The van der Waals surface area contributed by atoms with Gasteiger partial charge in [-0.1, -0.05) is 35.0 Å². The van der Waals surface area contributed by atoms with E-state index in [4.69, 9.17) is 11.6 Å². The summed E-state index contributed by atoms with van der Waals surface area (Å²) in [5.41, 5.74) is 1.82. The van der Waals surface area contributed by atoms with Gasteiger partial charge in [0.25, 0.3) is 0 Å². The van der Waals surface area contributed by atoms with E-state index < -0.39 is 0 Å². The summed E-state index contributed by atoms with van der Waals surface area (Å²) in [5.74, 6) is 0. The predicted octanol–water partition coefficient (Wildman–Crippen LogP) is 3.33. The molecule has 1 rings (SSSR count). The Morgan fingerprint density at radius 1 is 1.54 bits per heavy atom. The average Bonchev–Trinajstić information content (AvgIpc) is 2.11. The van der Waals surface area contributed by atoms with Crippen LogP contribution < -0.4 is 0 Å². The van der Waals surface area contributed by atoms with E-state index in [2.05, 4.69) is 11.8 Å². The molecule has 0 aromatic heterocycles. The summed E-state index contributed by atoms with van der Waals surface area (Å²) in [6.07, 6.45) is 2.49. The third-order valence-corrected chi connectivity index (χ3v) is 2.16. The number of halogens is 1. The van der Waals surface area contributed by atoms with E-state index in [1.54, 1.807) is 12.1 Å². The molecule has 0 saturated carbocycles. The molecule has 1 aromatic rings. The first-order valence-electron chi connectivity index (χ1n) is 3.96. The molecular formula is C10H10ClNO. The summed E-state index contributed by atoms with van der Waals surface area (Å²) in [6.45, 7) is 3.76. The molecule has 0 radical (unpaired) electrons. The van der Waals surface area contributed by atoms with Crippen LogP contribution in [0.25, 0.3) is 0 Å². The van der Waals surface area contributed by atoms with Gasteiger partial charge in [0.15, 0.2) is 0 Å². The molecule has 3 heteroatoms. The van der Waals surface area contributed by atoms with Crippen molar-refractivity contribution in [1.82, 2.24) is 0 Å². The number of nitrogens with zero attached hydrogens (tertiary/aromatic N) is 1. The van der Waals surface area contributed by atoms with Crippen LogP contribution in [-0.4, -0.2) is 0 Å². The lowest BCUT2D eigenvalue weighted by molar-refractivity contribution is 1.02. The molecule has 0 spiro atoms. The lowest BCUT2D eigenvalue weighted by Gasteiger charge is -2.05. The van der Waals surface area contributed by atoms with Gasteiger partial charge in [-0.2, -0.15) is 4.91 Å². The highest BCUT2D eigenvalue weighted by Crippen LogP contribution is 2.21. The maximum atomic E-state index is 10.1. The predicted molar refractivity (Wildman–Crippen MR) is 54.9 cm³/mol. The number of nitroso groups, excluding NO2 is 1. The highest BCUT2D eigenvalue weighted by atomic mass is 35.5. The average molecular weight is 196 g/mol. The van der Waals surface area contributed by atoms with Crippen LogP contribution in [0.2, 0.25) is 5.02 Å². The zero-order valence-electron chi connectivity index (χ0n) is 7.16. The third-order valence-electron chi connectivity index (χ3n) is 1.80. The molecule has 68 valence electrons. The second-order valence-corrected chi connectivity index (χ2v) is 3.06. The van der Waals surface area contributed by atoms with Crippen molar-refractivity contribution in [1.29, 1.82) is 0 Å². The first kappa shape index (κ1) is 9.93. The van der Waals surface area contributed by atoms with Crippen molar-refractivity contribution in [2.24, 2.45) is 5.18 Å². The number of allylic oxidation sites excluding steroid dienone is 1. The molecule has 0 aliphatic carbocycles. The fourth-order valence-corrected chi connectivity index (χ4v) is 1.45. The van der Waals surface area contributed by atoms with Crippen molar-refractivity contribution in [3.05, 3.63) is 51.9 Å². The molecule has 0 amide bonds. The normalized spacial score (nSPS) is 9.62. The Hall–Kier alpha value is -1.15. The zero-order valence-corrected chi connectivity index (χ0v) is 7.92. The van der Waals surface area contributed by atoms with Gasteiger partial charge in [-0.3, -0.25) is 0 Å². The van der Waals surface area contributed by atoms with Crippen molar-refractivity contribution >= 4 is 11.6 Å². The molecule has 0 unspecified atom stereocenters. The molecule has 0 atom stereocenters. The van der Waals surface area contributed by atoms with Gasteiger partial charge < -0.3 is 0 Å². The third kappa shape index (κ3) is 2.39. The van der Waals surface area contributed by atoms with Crippen molar-refractivity contribution in [3.63, 3.8) is 0 Å². The summed E-state index contributed by atoms with van der Waals surface area (Å²) < 4.78 is 0. The van der Waals surface area contributed by atoms with Crippen LogP contribution in [0.15, 0.2) is 36.0 Å². The summed E-state index contributed by atoms with van der Waals surface area (Å²) in [6, 6.07) is 5.54. The molecule has 0 heterocycles. The highest BCUT2D eigenvalue weighted by Gasteiger charge is 2.04. The van der Waals surface area contributed by atoms with E-state index in [-0.39, 0.29) is 6.54 Å². The second kappa shape index (κ2) is 4.77. The molecule has 0 fully saturated rings. The highest BCUT2D eigenvalue weighted by molar-refractivity contribution is 6.31. The van der Waals surface area contributed by atoms with Crippen LogP contribution in [0, 0.1) is 4.91 Å². The minimum absolute atomic E-state index is 0.128. The molecule has 0 aliphatic heterocycles. The molecule has 0 bridgehead atoms. The van der Waals surface area contributed by atoms with Crippen molar-refractivity contribution < 1.29 is 0 Å². The molecular weight excluding hydrogens is 186 g/mol. The Morgan fingerprint density at radius 2 is 2.31 bits per heavy atom. The number of rotatable bonds is 4. The van der Waals surface area contributed by atoms with Crippen molar-refractivity contribution in [2.45, 2.75) is 13.0 Å². The van der Waals surface area contributed by atoms with Gasteiger partial charge in [-0.25, -0.2) is 0 Å². The molecule has 0 N–H and O–H groups in total. The largest absolute Gasteiger partial charge is 0.150 e. The van der Waals surface area contributed by atoms with E-state index in [0.717, 1.165) is 11.1 Å². The summed E-state index contributed by atoms with van der Waals surface area (Å²) in [5, 5.41) is 3.44. The quantitative estimate of drug-likeness (QED) is 0.535. The van der Waals surface area contributed by atoms with Gasteiger partial charge >= 0.3 is 0 Å². The smallest absolute Gasteiger partial charge is 0.108 e. The van der Waals surface area contributed by atoms with Gasteiger partial charge in [0.1, 0.15) is 6.54 Å². The van der Waals surface area contributed by atoms with Crippen molar-refractivity contribution in [3.8, 4) is 0 Å². The van der Waals surface area contributed by atoms with Gasteiger partial charge in [0, 0.05) is 5.02 Å². The Labute approximate surface area is 82.2 Å². The maximum absolute atomic E-state index is 10.1. The fourth-order valence-electron chi connectivity index (χ4n) is 1.19. The van der Waals surface area contributed by atoms with Crippen LogP contribution in [0.1, 0.15) is 11.1 Å². The Kier molecular flexibility index (Phi) is 3.65. The Morgan fingerprint density at radius 3 is 2.92 bits per heavy atom. The lowest BCUT2D eigenvalue weighted by Crippen LogP contribution is -1.92. The van der Waals surface area contributed by atoms with Crippen LogP contribution in [0.3, 0.4) is 0 Å². The lowest BCUT2D eigenvalue weighted by atomic mass is 10.0. The summed E-state index contributed by atoms with van der Waals surface area (Å²) in [7, 11) is 0. The van der Waals surface area contributed by atoms with Crippen LogP contribution >= 0.6 is 11.6 Å². The zero-order chi connectivity index (χ0) is 9.68. The fraction of sp³-hybridized carbons (Fsp3) is 0.200. The van der Waals surface area contributed by atoms with Gasteiger partial charge in [-0.05, 0) is 23.6 Å². The Bertz CT molecular complexity index is 323. The van der Waals surface area contributed by atoms with Gasteiger partial charge in [-0.15, -0.1) is 6.58 Å². The van der Waals surface area contributed by atoms with Gasteiger partial charge in [0.2, 0.25) is 0 Å². The standard InChI is InChI=1S/C10H10ClNO/c1-2-4-8-5-3-6-10(11)9(8)7-12-13/h2-3,5-6H,1,4,7H2. The molecule has 0 aliphatic rings. The monoisotopic (exact) mass is 195 g/mol. The van der Waals surface area contributed by atoms with Crippen LogP contribution in [0.5, 0.6) is 0 Å². The summed E-state index contributed by atoms with van der Waals surface area (Å²) in [4.78, 5) is 10.1. The molecule has 2 nitrogen and oxygen atoms in total. The second-order valence-electron chi connectivity index (χ2n) is 2.66. The summed E-state index contributed by atoms with van der Waals surface area (Å²) >= 11 is 5.91. The van der Waals surface area contributed by atoms with E-state index >= 15 is 0 Å². The Balaban J connectivity index is 3.08. The molecule has 13 heavy (non-hydrogen) atoms. The van der Waals surface area contributed by atoms with Crippen LogP contribution in [-0.2, 0) is 13.0 Å². The van der Waals surface area contributed by atoms with E-state index in [1.165, 1.54) is 0 Å². The SMILES string of the molecule is C=CCc1cccc(Cl)c1CN=O. The minimum Gasteiger partial charge on any atom is -0.150 e. The van der Waals surface area contributed by atoms with E-state index in [0.29, 0.717) is 11.4 Å². The molecule has 1 aromatic carbocycles. The van der Waals surface area contributed by atoms with Gasteiger partial charge in [0.05, 0.1) is 0 Å². The number of hydrogen-bond donors (Lipinski definition) is 0. The number of benzene rings is 1. The van der Waals surface area contributed by atoms with E-state index in [1.807, 2.05) is 12.1 Å². The molecule has 0 saturated heterocycles. The van der Waals surface area contributed by atoms with Crippen LogP contribution in [0.4, 0.5) is 0 Å². The number of hydrogen-bond acceptors (Lipinski definition) is 2. The van der Waals surface area contributed by atoms with E-state index in [9.17, 15) is 4.91 Å². The topological polar surface area (TPSA) is 29.4 Å². The minimum atomic E-state index is 0.128. The maximum Gasteiger partial charge on any atom is 0.108 e.